The van der Waals surface area contributed by atoms with Crippen LogP contribution in [0.3, 0.4) is 0 Å². The van der Waals surface area contributed by atoms with E-state index in [1.165, 1.54) is 11.8 Å². The van der Waals surface area contributed by atoms with Gasteiger partial charge in [0.05, 0.1) is 17.4 Å². The Morgan fingerprint density at radius 1 is 1.54 bits per heavy atom. The highest BCUT2D eigenvalue weighted by atomic mass is 32.2. The van der Waals surface area contributed by atoms with Gasteiger partial charge < -0.3 is 16.0 Å². The second-order valence-corrected chi connectivity index (χ2v) is 7.57. The third-order valence-corrected chi connectivity index (χ3v) is 5.94. The van der Waals surface area contributed by atoms with Gasteiger partial charge in [0.1, 0.15) is 16.9 Å². The van der Waals surface area contributed by atoms with Crippen molar-refractivity contribution in [1.82, 2.24) is 10.3 Å². The number of primary amides is 1. The summed E-state index contributed by atoms with van der Waals surface area (Å²) in [6.45, 7) is 11.1. The third kappa shape index (κ3) is 4.09. The summed E-state index contributed by atoms with van der Waals surface area (Å²) in [6.07, 6.45) is 2.28. The first-order valence-corrected chi connectivity index (χ1v) is 9.50. The van der Waals surface area contributed by atoms with Crippen LogP contribution in [0.1, 0.15) is 30.9 Å². The highest BCUT2D eigenvalue weighted by Gasteiger charge is 2.31. The smallest absolute Gasteiger partial charge is 0.232 e. The van der Waals surface area contributed by atoms with Crippen LogP contribution < -0.4 is 16.0 Å². The predicted octanol–water partition coefficient (Wildman–Crippen LogP) is 2.08. The molecule has 1 atom stereocenters. The van der Waals surface area contributed by atoms with E-state index in [0.717, 1.165) is 25.9 Å². The highest BCUT2D eigenvalue weighted by Crippen LogP contribution is 2.40. The normalized spacial score (nSPS) is 15.7. The molecule has 1 aliphatic rings. The molecule has 7 nitrogen and oxygen atoms in total. The van der Waals surface area contributed by atoms with E-state index in [-0.39, 0.29) is 11.8 Å². The molecule has 0 bridgehead atoms. The average molecular weight is 372 g/mol. The summed E-state index contributed by atoms with van der Waals surface area (Å²) in [7, 11) is 3.63. The number of amides is 1. The Kier molecular flexibility index (Phi) is 6.84. The first kappa shape index (κ1) is 20.0. The van der Waals surface area contributed by atoms with Crippen LogP contribution in [-0.4, -0.2) is 43.3 Å². The molecule has 0 radical (unpaired) electrons. The number of carbonyl (C=O) groups excluding carboxylic acids is 1. The molecule has 1 unspecified atom stereocenters. The van der Waals surface area contributed by atoms with Crippen LogP contribution in [-0.2, 0) is 11.2 Å². The lowest BCUT2D eigenvalue weighted by Gasteiger charge is -2.28. The zero-order valence-corrected chi connectivity index (χ0v) is 16.2. The number of anilines is 1. The molecule has 1 amide bonds. The molecule has 0 aliphatic carbocycles. The van der Waals surface area contributed by atoms with Crippen LogP contribution in [0.4, 0.5) is 11.5 Å². The number of thioether (sulfide) groups is 1. The lowest BCUT2D eigenvalue weighted by molar-refractivity contribution is -0.118. The van der Waals surface area contributed by atoms with E-state index in [0.29, 0.717) is 34.1 Å². The Hall–Kier alpha value is -2.29. The molecule has 26 heavy (non-hydrogen) atoms. The Bertz CT molecular complexity index is 758. The quantitative estimate of drug-likeness (QED) is 0.586. The van der Waals surface area contributed by atoms with Gasteiger partial charge >= 0.3 is 0 Å². The zero-order chi connectivity index (χ0) is 19.3. The minimum atomic E-state index is -0.435. The second kappa shape index (κ2) is 8.88. The summed E-state index contributed by atoms with van der Waals surface area (Å²) in [5.74, 6) is 0.290. The largest absolute Gasteiger partial charge is 0.371 e. The maximum atomic E-state index is 12.1. The topological polar surface area (TPSA) is 99.4 Å². The van der Waals surface area contributed by atoms with Gasteiger partial charge in [-0.15, -0.1) is 0 Å². The van der Waals surface area contributed by atoms with Gasteiger partial charge in [0.25, 0.3) is 0 Å². The van der Waals surface area contributed by atoms with Crippen molar-refractivity contribution in [3.63, 3.8) is 0 Å². The van der Waals surface area contributed by atoms with E-state index in [4.69, 9.17) is 12.3 Å². The molecule has 1 fully saturated rings. The van der Waals surface area contributed by atoms with E-state index in [1.807, 2.05) is 21.0 Å². The molecule has 8 heteroatoms. The van der Waals surface area contributed by atoms with Gasteiger partial charge in [0.15, 0.2) is 0 Å². The summed E-state index contributed by atoms with van der Waals surface area (Å²) < 4.78 is 0. The maximum Gasteiger partial charge on any atom is 0.232 e. The van der Waals surface area contributed by atoms with E-state index < -0.39 is 5.25 Å². The number of carbonyl (C=O) groups is 1. The van der Waals surface area contributed by atoms with Gasteiger partial charge in [0.2, 0.25) is 11.6 Å². The average Bonchev–Trinajstić information content (AvgIpc) is 2.64. The maximum absolute atomic E-state index is 12.1. The number of nitrogens with one attached hydrogen (secondary N) is 1. The number of nitrogens with zero attached hydrogens (tertiary/aromatic N) is 4. The van der Waals surface area contributed by atoms with Crippen molar-refractivity contribution in [2.24, 2.45) is 11.7 Å². The number of rotatable bonds is 6. The van der Waals surface area contributed by atoms with Crippen LogP contribution >= 0.6 is 11.8 Å². The fourth-order valence-corrected chi connectivity index (χ4v) is 4.46. The van der Waals surface area contributed by atoms with Crippen molar-refractivity contribution in [2.45, 2.75) is 36.5 Å². The van der Waals surface area contributed by atoms with Crippen molar-refractivity contribution in [3.05, 3.63) is 22.5 Å². The monoisotopic (exact) mass is 372 g/mol. The van der Waals surface area contributed by atoms with Crippen molar-refractivity contribution in [1.29, 1.82) is 5.26 Å². The van der Waals surface area contributed by atoms with Gasteiger partial charge in [-0.05, 0) is 43.8 Å². The Morgan fingerprint density at radius 2 is 2.19 bits per heavy atom. The molecule has 2 heterocycles. The molecule has 1 aliphatic heterocycles. The van der Waals surface area contributed by atoms with E-state index in [1.54, 1.807) is 4.90 Å². The molecular formula is C18H24N6OS. The highest BCUT2D eigenvalue weighted by molar-refractivity contribution is 8.00. The fourth-order valence-electron chi connectivity index (χ4n) is 3.22. The number of piperidine rings is 1. The predicted molar refractivity (Wildman–Crippen MR) is 103 cm³/mol. The SMILES string of the molecule is [C-]#[N+]c1c(N(C)C)nc(SC(C(N)=O)C2CCNCC2)c(C#N)c1CC. The van der Waals surface area contributed by atoms with E-state index in [9.17, 15) is 10.1 Å². The lowest BCUT2D eigenvalue weighted by atomic mass is 9.94. The summed E-state index contributed by atoms with van der Waals surface area (Å²) in [4.78, 5) is 22.0. The summed E-state index contributed by atoms with van der Waals surface area (Å²) >= 11 is 1.27. The summed E-state index contributed by atoms with van der Waals surface area (Å²) in [6, 6.07) is 2.19. The van der Waals surface area contributed by atoms with Crippen LogP contribution in [0.15, 0.2) is 5.03 Å². The molecule has 1 saturated heterocycles. The molecule has 0 aromatic carbocycles. The van der Waals surface area contributed by atoms with E-state index >= 15 is 0 Å². The van der Waals surface area contributed by atoms with Crippen LogP contribution in [0.5, 0.6) is 0 Å². The number of hydrogen-bond acceptors (Lipinski definition) is 6. The first-order chi connectivity index (χ1) is 12.4. The Labute approximate surface area is 158 Å². The molecule has 0 spiro atoms. The lowest BCUT2D eigenvalue weighted by Crippen LogP contribution is -2.39. The summed E-state index contributed by atoms with van der Waals surface area (Å²) in [5, 5.41) is 13.0. The van der Waals surface area contributed by atoms with Crippen LogP contribution in [0.2, 0.25) is 0 Å². The fraction of sp³-hybridized carbons (Fsp3) is 0.556. The summed E-state index contributed by atoms with van der Waals surface area (Å²) in [5.41, 5.74) is 7.14. The van der Waals surface area contributed by atoms with Crippen molar-refractivity contribution >= 4 is 29.2 Å². The molecule has 3 N–H and O–H groups in total. The molecule has 138 valence electrons. The van der Waals surface area contributed by atoms with Gasteiger partial charge in [-0.1, -0.05) is 18.7 Å². The van der Waals surface area contributed by atoms with Gasteiger partial charge in [-0.2, -0.15) is 5.26 Å². The second-order valence-electron chi connectivity index (χ2n) is 6.44. The number of aromatic nitrogens is 1. The minimum Gasteiger partial charge on any atom is -0.371 e. The molecule has 1 aromatic heterocycles. The van der Waals surface area contributed by atoms with Gasteiger partial charge in [0, 0.05) is 14.1 Å². The standard InChI is InChI=1S/C18H24N6OS/c1-5-12-13(10-19)18(23-17(24(3)4)14(12)21-2)26-15(16(20)25)11-6-8-22-9-7-11/h11,15,22H,5-9H2,1,3-4H3,(H2,20,25). The van der Waals surface area contributed by atoms with Crippen molar-refractivity contribution in [3.8, 4) is 6.07 Å². The zero-order valence-electron chi connectivity index (χ0n) is 15.4. The van der Waals surface area contributed by atoms with Gasteiger partial charge in [-0.3, -0.25) is 4.79 Å². The number of nitrogens with two attached hydrogens (primary N) is 1. The third-order valence-electron chi connectivity index (χ3n) is 4.55. The molecule has 1 aromatic rings. The van der Waals surface area contributed by atoms with Crippen molar-refractivity contribution in [2.75, 3.05) is 32.1 Å². The molecular weight excluding hydrogens is 348 g/mol. The number of hydrogen-bond donors (Lipinski definition) is 2. The molecule has 2 rings (SSSR count). The van der Waals surface area contributed by atoms with Gasteiger partial charge in [-0.25, -0.2) is 9.83 Å². The number of pyridine rings is 1. The van der Waals surface area contributed by atoms with Crippen LogP contribution in [0, 0.1) is 23.8 Å². The Morgan fingerprint density at radius 3 is 2.65 bits per heavy atom. The first-order valence-electron chi connectivity index (χ1n) is 8.62. The van der Waals surface area contributed by atoms with E-state index in [2.05, 4.69) is 21.2 Å². The number of nitriles is 1. The molecule has 0 saturated carbocycles. The minimum absolute atomic E-state index is 0.153. The van der Waals surface area contributed by atoms with Crippen LogP contribution in [0.25, 0.3) is 4.85 Å². The van der Waals surface area contributed by atoms with Crippen molar-refractivity contribution < 1.29 is 4.79 Å². The Balaban J connectivity index is 2.53.